The maximum absolute atomic E-state index is 12.1. The van der Waals surface area contributed by atoms with Gasteiger partial charge in [0.25, 0.3) is 5.91 Å². The van der Waals surface area contributed by atoms with E-state index < -0.39 is 0 Å². The van der Waals surface area contributed by atoms with Crippen LogP contribution in [0.25, 0.3) is 0 Å². The van der Waals surface area contributed by atoms with Gasteiger partial charge in [0.05, 0.1) is 6.54 Å². The number of carbonyl (C=O) groups excluding carboxylic acids is 1. The Balaban J connectivity index is 0.00000512. The Hall–Kier alpha value is -2.29. The van der Waals surface area contributed by atoms with E-state index >= 15 is 0 Å². The maximum Gasteiger partial charge on any atom is 0.253 e. The molecule has 6 nitrogen and oxygen atoms in total. The number of guanidine groups is 1. The van der Waals surface area contributed by atoms with Crippen LogP contribution in [0.5, 0.6) is 5.75 Å². The van der Waals surface area contributed by atoms with Gasteiger partial charge in [-0.05, 0) is 41.2 Å². The lowest BCUT2D eigenvalue weighted by Crippen LogP contribution is -2.40. The number of hydrogen-bond acceptors (Lipinski definition) is 3. The van der Waals surface area contributed by atoms with Crippen molar-refractivity contribution in [3.8, 4) is 5.75 Å². The molecule has 0 aliphatic rings. The molecule has 176 valence electrons. The smallest absolute Gasteiger partial charge is 0.253 e. The molecule has 2 rings (SSSR count). The molecule has 0 fully saturated rings. The maximum atomic E-state index is 12.1. The summed E-state index contributed by atoms with van der Waals surface area (Å²) in [4.78, 5) is 18.0. The molecule has 2 aromatic carbocycles. The molecule has 0 aromatic heterocycles. The third-order valence-corrected chi connectivity index (χ3v) is 4.86. The van der Waals surface area contributed by atoms with E-state index in [-0.39, 0.29) is 35.3 Å². The number of nitrogens with one attached hydrogen (secondary N) is 2. The van der Waals surface area contributed by atoms with Crippen LogP contribution in [0.1, 0.15) is 42.3 Å². The van der Waals surface area contributed by atoms with E-state index in [0.717, 1.165) is 23.7 Å². The molecule has 32 heavy (non-hydrogen) atoms. The van der Waals surface area contributed by atoms with Crippen molar-refractivity contribution in [1.29, 1.82) is 0 Å². The molecule has 0 saturated heterocycles. The molecule has 2 aromatic rings. The van der Waals surface area contributed by atoms with Gasteiger partial charge in [-0.2, -0.15) is 0 Å². The molecule has 0 aliphatic carbocycles. The molecule has 0 heterocycles. The highest BCUT2D eigenvalue weighted by Gasteiger charge is 2.18. The first-order valence-corrected chi connectivity index (χ1v) is 10.7. The van der Waals surface area contributed by atoms with Crippen LogP contribution in [0.4, 0.5) is 0 Å². The Bertz CT molecular complexity index is 892. The first-order valence-electron chi connectivity index (χ1n) is 10.7. The number of hydrogen-bond donors (Lipinski definition) is 2. The number of para-hydroxylation sites is 1. The molecule has 0 aliphatic heterocycles. The van der Waals surface area contributed by atoms with Crippen molar-refractivity contribution in [2.45, 2.75) is 32.6 Å². The Morgan fingerprint density at radius 2 is 1.72 bits per heavy atom. The lowest BCUT2D eigenvalue weighted by atomic mass is 9.86. The summed E-state index contributed by atoms with van der Waals surface area (Å²) in [5.74, 6) is 1.67. The molecular formula is C25H37IN4O2. The third kappa shape index (κ3) is 8.68. The summed E-state index contributed by atoms with van der Waals surface area (Å²) in [7, 11) is 5.27. The molecule has 0 atom stereocenters. The fourth-order valence-electron chi connectivity index (χ4n) is 3.21. The highest BCUT2D eigenvalue weighted by molar-refractivity contribution is 14.0. The van der Waals surface area contributed by atoms with E-state index in [0.29, 0.717) is 25.3 Å². The zero-order valence-corrected chi connectivity index (χ0v) is 22.4. The largest absolute Gasteiger partial charge is 0.491 e. The quantitative estimate of drug-likeness (QED) is 0.224. The number of ether oxygens (including phenoxy) is 1. The first kappa shape index (κ1) is 27.7. The second-order valence-corrected chi connectivity index (χ2v) is 8.67. The average molecular weight is 553 g/mol. The lowest BCUT2D eigenvalue weighted by molar-refractivity contribution is 0.0827. The molecule has 0 unspecified atom stereocenters. The third-order valence-electron chi connectivity index (χ3n) is 4.86. The van der Waals surface area contributed by atoms with Gasteiger partial charge >= 0.3 is 0 Å². The second kappa shape index (κ2) is 13.3. The number of carbonyl (C=O) groups is 1. The molecule has 0 spiro atoms. The van der Waals surface area contributed by atoms with Gasteiger partial charge in [0.1, 0.15) is 12.4 Å². The highest BCUT2D eigenvalue weighted by Crippen LogP contribution is 2.30. The van der Waals surface area contributed by atoms with Crippen LogP contribution in [-0.2, 0) is 11.8 Å². The summed E-state index contributed by atoms with van der Waals surface area (Å²) in [6.07, 6.45) is 0.796. The number of halogens is 1. The van der Waals surface area contributed by atoms with E-state index in [9.17, 15) is 4.79 Å². The fraction of sp³-hybridized carbons (Fsp3) is 0.440. The Morgan fingerprint density at radius 3 is 2.38 bits per heavy atom. The van der Waals surface area contributed by atoms with Crippen molar-refractivity contribution < 1.29 is 9.53 Å². The van der Waals surface area contributed by atoms with E-state index in [2.05, 4.69) is 42.5 Å². The van der Waals surface area contributed by atoms with Crippen molar-refractivity contribution in [3.05, 3.63) is 65.2 Å². The summed E-state index contributed by atoms with van der Waals surface area (Å²) in [5.41, 5.74) is 3.05. The summed E-state index contributed by atoms with van der Waals surface area (Å²) < 4.78 is 6.01. The average Bonchev–Trinajstić information content (AvgIpc) is 2.74. The predicted molar refractivity (Wildman–Crippen MR) is 144 cm³/mol. The van der Waals surface area contributed by atoms with Crippen LogP contribution < -0.4 is 15.4 Å². The van der Waals surface area contributed by atoms with Gasteiger partial charge in [-0.3, -0.25) is 9.79 Å². The fourth-order valence-corrected chi connectivity index (χ4v) is 3.21. The van der Waals surface area contributed by atoms with Gasteiger partial charge in [-0.15, -0.1) is 24.0 Å². The van der Waals surface area contributed by atoms with Crippen molar-refractivity contribution >= 4 is 35.8 Å². The zero-order valence-electron chi connectivity index (χ0n) is 20.1. The topological polar surface area (TPSA) is 66.0 Å². The highest BCUT2D eigenvalue weighted by atomic mass is 127. The van der Waals surface area contributed by atoms with Crippen LogP contribution in [0.2, 0.25) is 0 Å². The number of nitrogens with zero attached hydrogens (tertiary/aromatic N) is 2. The number of amides is 1. The van der Waals surface area contributed by atoms with Gasteiger partial charge in [0, 0.05) is 33.3 Å². The van der Waals surface area contributed by atoms with Crippen molar-refractivity contribution in [2.75, 3.05) is 40.8 Å². The Labute approximate surface area is 209 Å². The number of rotatable bonds is 8. The Morgan fingerprint density at radius 1 is 1.03 bits per heavy atom. The van der Waals surface area contributed by atoms with Crippen molar-refractivity contribution in [2.24, 2.45) is 4.99 Å². The van der Waals surface area contributed by atoms with Crippen molar-refractivity contribution in [1.82, 2.24) is 15.5 Å². The lowest BCUT2D eigenvalue weighted by Gasteiger charge is -2.22. The van der Waals surface area contributed by atoms with Gasteiger partial charge < -0.3 is 20.3 Å². The van der Waals surface area contributed by atoms with Crippen LogP contribution >= 0.6 is 24.0 Å². The van der Waals surface area contributed by atoms with Gasteiger partial charge in [0.15, 0.2) is 5.96 Å². The summed E-state index contributed by atoms with van der Waals surface area (Å²) >= 11 is 0. The van der Waals surface area contributed by atoms with Crippen molar-refractivity contribution in [3.63, 3.8) is 0 Å². The van der Waals surface area contributed by atoms with E-state index in [1.807, 2.05) is 42.5 Å². The minimum atomic E-state index is 0. The number of benzene rings is 2. The van der Waals surface area contributed by atoms with Crippen LogP contribution in [0, 0.1) is 0 Å². The van der Waals surface area contributed by atoms with Crippen LogP contribution in [0.15, 0.2) is 53.5 Å². The summed E-state index contributed by atoms with van der Waals surface area (Å²) in [5, 5.41) is 6.59. The summed E-state index contributed by atoms with van der Waals surface area (Å²) in [6, 6.07) is 15.9. The number of aliphatic imine (C=N–C) groups is 1. The summed E-state index contributed by atoms with van der Waals surface area (Å²) in [6.45, 7) is 8.46. The van der Waals surface area contributed by atoms with Crippen LogP contribution in [0.3, 0.4) is 0 Å². The molecule has 0 saturated carbocycles. The van der Waals surface area contributed by atoms with Crippen LogP contribution in [-0.4, -0.2) is 57.6 Å². The molecule has 7 heteroatoms. The zero-order chi connectivity index (χ0) is 22.9. The van der Waals surface area contributed by atoms with E-state index in [1.54, 1.807) is 26.0 Å². The normalized spacial score (nSPS) is 11.4. The van der Waals surface area contributed by atoms with Gasteiger partial charge in [0.2, 0.25) is 0 Å². The second-order valence-electron chi connectivity index (χ2n) is 8.67. The Kier molecular flexibility index (Phi) is 11.5. The molecule has 0 radical (unpaired) electrons. The van der Waals surface area contributed by atoms with Gasteiger partial charge in [-0.1, -0.05) is 51.1 Å². The molecule has 0 bridgehead atoms. The molecule has 2 N–H and O–H groups in total. The SMILES string of the molecule is CN=C(NCCOc1ccccc1C(C)(C)C)NCCc1cccc(C(=O)N(C)C)c1.I. The first-order chi connectivity index (χ1) is 14.7. The monoisotopic (exact) mass is 552 g/mol. The molecule has 1 amide bonds. The standard InChI is InChI=1S/C25H36N4O2.HI/c1-25(2,3)21-12-7-8-13-22(21)31-17-16-28-24(26-4)27-15-14-19-10-9-11-20(18-19)23(30)29(5)6;/h7-13,18H,14-17H2,1-6H3,(H2,26,27,28);1H. The van der Waals surface area contributed by atoms with E-state index in [4.69, 9.17) is 4.74 Å². The van der Waals surface area contributed by atoms with E-state index in [1.165, 1.54) is 5.56 Å². The predicted octanol–water partition coefficient (Wildman–Crippen LogP) is 4.09. The minimum Gasteiger partial charge on any atom is -0.491 e. The van der Waals surface area contributed by atoms with Gasteiger partial charge in [-0.25, -0.2) is 0 Å². The minimum absolute atomic E-state index is 0. The molecular weight excluding hydrogens is 515 g/mol.